The number of nitrogens with zero attached hydrogens (tertiary/aromatic N) is 2. The van der Waals surface area contributed by atoms with Crippen LogP contribution in [0.4, 0.5) is 0 Å². The summed E-state index contributed by atoms with van der Waals surface area (Å²) in [5.74, 6) is -0.144. The number of rotatable bonds is 6. The number of allylic oxidation sites excluding steroid dienone is 1. The maximum absolute atomic E-state index is 13.4. The lowest BCUT2D eigenvalue weighted by atomic mass is 10.0. The second-order valence-electron chi connectivity index (χ2n) is 8.54. The second-order valence-corrected chi connectivity index (χ2v) is 8.95. The molecular weight excluding hydrogens is 456 g/mol. The Morgan fingerprint density at radius 2 is 2.00 bits per heavy atom. The van der Waals surface area contributed by atoms with Gasteiger partial charge in [-0.15, -0.1) is 0 Å². The molecule has 0 N–H and O–H groups in total. The number of hydrogen-bond acceptors (Lipinski definition) is 5. The van der Waals surface area contributed by atoms with Gasteiger partial charge in [0.15, 0.2) is 0 Å². The lowest BCUT2D eigenvalue weighted by Gasteiger charge is -2.21. The lowest BCUT2D eigenvalue weighted by molar-refractivity contribution is -0.136. The molecule has 0 bridgehead atoms. The van der Waals surface area contributed by atoms with Crippen molar-refractivity contribution in [2.45, 2.75) is 39.7 Å². The minimum Gasteiger partial charge on any atom is -0.495 e. The number of carbonyl (C=O) groups excluding carboxylic acids is 2. The average Bonchev–Trinajstić information content (AvgIpc) is 3.48. The number of aromatic nitrogens is 1. The summed E-state index contributed by atoms with van der Waals surface area (Å²) in [6, 6.07) is 7.57. The SMILES string of the molecule is COC(=O)C1=C(C)N(CC2CCCO2)C(=O)/C1=C\c1cc(C)n(-c2ccc(OC)c(Cl)c2)c1C. The molecule has 0 spiro atoms. The number of aryl methyl sites for hydroxylation is 1. The molecular formula is C26H29ClN2O5. The third kappa shape index (κ3) is 4.26. The fourth-order valence-corrected chi connectivity index (χ4v) is 4.97. The molecule has 1 saturated heterocycles. The van der Waals surface area contributed by atoms with Gasteiger partial charge in [-0.2, -0.15) is 0 Å². The summed E-state index contributed by atoms with van der Waals surface area (Å²) >= 11 is 6.35. The van der Waals surface area contributed by atoms with Crippen molar-refractivity contribution in [1.82, 2.24) is 9.47 Å². The Bertz CT molecular complexity index is 1200. The van der Waals surface area contributed by atoms with Crippen LogP contribution in [0.2, 0.25) is 5.02 Å². The van der Waals surface area contributed by atoms with Crippen molar-refractivity contribution >= 4 is 29.6 Å². The Labute approximate surface area is 204 Å². The van der Waals surface area contributed by atoms with Crippen LogP contribution in [0.25, 0.3) is 11.8 Å². The predicted octanol–water partition coefficient (Wildman–Crippen LogP) is 4.61. The van der Waals surface area contributed by atoms with E-state index in [2.05, 4.69) is 4.57 Å². The molecule has 1 aromatic heterocycles. The van der Waals surface area contributed by atoms with Crippen LogP contribution < -0.4 is 4.74 Å². The molecule has 3 heterocycles. The molecule has 4 rings (SSSR count). The average molecular weight is 485 g/mol. The molecule has 0 aliphatic carbocycles. The molecule has 1 aromatic carbocycles. The number of amides is 1. The van der Waals surface area contributed by atoms with Crippen molar-refractivity contribution < 1.29 is 23.8 Å². The standard InChI is InChI=1S/C26H29ClN2O5/c1-15-11-18(16(2)29(15)19-8-9-23(32-4)22(27)13-19)12-21-24(26(31)33-5)17(3)28(25(21)30)14-20-7-6-10-34-20/h8-9,11-13,20H,6-7,10,14H2,1-5H3/b21-12-. The van der Waals surface area contributed by atoms with Gasteiger partial charge in [-0.25, -0.2) is 4.79 Å². The van der Waals surface area contributed by atoms with Crippen molar-refractivity contribution in [1.29, 1.82) is 0 Å². The van der Waals surface area contributed by atoms with Crippen LogP contribution in [-0.4, -0.2) is 54.8 Å². The quantitative estimate of drug-likeness (QED) is 0.442. The molecule has 34 heavy (non-hydrogen) atoms. The Morgan fingerprint density at radius 1 is 1.24 bits per heavy atom. The maximum atomic E-state index is 13.4. The Balaban J connectivity index is 1.75. The number of hydrogen-bond donors (Lipinski definition) is 0. The Morgan fingerprint density at radius 3 is 2.62 bits per heavy atom. The van der Waals surface area contributed by atoms with Crippen LogP contribution in [0.15, 0.2) is 41.1 Å². The highest BCUT2D eigenvalue weighted by atomic mass is 35.5. The van der Waals surface area contributed by atoms with Gasteiger partial charge in [0.05, 0.1) is 43.0 Å². The summed E-state index contributed by atoms with van der Waals surface area (Å²) in [6.45, 7) is 6.85. The van der Waals surface area contributed by atoms with Gasteiger partial charge in [0.2, 0.25) is 0 Å². The van der Waals surface area contributed by atoms with Gasteiger partial charge >= 0.3 is 5.97 Å². The van der Waals surface area contributed by atoms with E-state index in [9.17, 15) is 9.59 Å². The fourth-order valence-electron chi connectivity index (χ4n) is 4.72. The van der Waals surface area contributed by atoms with Crippen molar-refractivity contribution in [3.63, 3.8) is 0 Å². The van der Waals surface area contributed by atoms with Gasteiger partial charge in [0.1, 0.15) is 5.75 Å². The molecule has 7 nitrogen and oxygen atoms in total. The number of halogens is 1. The minimum absolute atomic E-state index is 0.0259. The summed E-state index contributed by atoms with van der Waals surface area (Å²) in [6.07, 6.45) is 3.62. The highest BCUT2D eigenvalue weighted by Crippen LogP contribution is 2.35. The van der Waals surface area contributed by atoms with E-state index in [0.717, 1.165) is 35.5 Å². The first-order valence-electron chi connectivity index (χ1n) is 11.2. The van der Waals surface area contributed by atoms with Gasteiger partial charge in [0.25, 0.3) is 5.91 Å². The number of esters is 1. The van der Waals surface area contributed by atoms with E-state index in [1.807, 2.05) is 38.1 Å². The topological polar surface area (TPSA) is 70.0 Å². The highest BCUT2D eigenvalue weighted by molar-refractivity contribution is 6.32. The van der Waals surface area contributed by atoms with Gasteiger partial charge in [0, 0.05) is 29.4 Å². The van der Waals surface area contributed by atoms with Crippen LogP contribution in [-0.2, 0) is 19.1 Å². The van der Waals surface area contributed by atoms with Crippen molar-refractivity contribution in [3.05, 3.63) is 63.1 Å². The molecule has 8 heteroatoms. The van der Waals surface area contributed by atoms with Gasteiger partial charge in [-0.3, -0.25) is 4.79 Å². The van der Waals surface area contributed by atoms with E-state index in [4.69, 9.17) is 25.8 Å². The van der Waals surface area contributed by atoms with Crippen LogP contribution in [0.5, 0.6) is 5.75 Å². The number of carbonyl (C=O) groups is 2. The molecule has 1 fully saturated rings. The number of benzene rings is 1. The molecule has 2 aliphatic heterocycles. The molecule has 2 aliphatic rings. The van der Waals surface area contributed by atoms with Gasteiger partial charge < -0.3 is 23.7 Å². The molecule has 0 radical (unpaired) electrons. The summed E-state index contributed by atoms with van der Waals surface area (Å²) in [4.78, 5) is 27.7. The third-order valence-corrected chi connectivity index (χ3v) is 6.77. The number of ether oxygens (including phenoxy) is 3. The normalized spacial score (nSPS) is 19.5. The first kappa shape index (κ1) is 24.1. The second kappa shape index (κ2) is 9.68. The van der Waals surface area contributed by atoms with E-state index in [-0.39, 0.29) is 12.0 Å². The molecule has 1 unspecified atom stereocenters. The van der Waals surface area contributed by atoms with Gasteiger partial charge in [-0.05, 0) is 69.5 Å². The summed E-state index contributed by atoms with van der Waals surface area (Å²) in [5.41, 5.74) is 4.81. The zero-order valence-corrected chi connectivity index (χ0v) is 20.9. The van der Waals surface area contributed by atoms with Crippen molar-refractivity contribution in [2.75, 3.05) is 27.4 Å². The molecule has 1 atom stereocenters. The molecule has 2 aromatic rings. The smallest absolute Gasteiger partial charge is 0.340 e. The molecule has 0 saturated carbocycles. The Hall–Kier alpha value is -3.03. The summed E-state index contributed by atoms with van der Waals surface area (Å²) in [7, 11) is 2.90. The van der Waals surface area contributed by atoms with Gasteiger partial charge in [-0.1, -0.05) is 11.6 Å². The fraction of sp³-hybridized carbons (Fsp3) is 0.385. The third-order valence-electron chi connectivity index (χ3n) is 6.47. The summed E-state index contributed by atoms with van der Waals surface area (Å²) in [5, 5.41) is 0.509. The maximum Gasteiger partial charge on any atom is 0.340 e. The van der Waals surface area contributed by atoms with E-state index < -0.39 is 5.97 Å². The van der Waals surface area contributed by atoms with Crippen molar-refractivity contribution in [3.8, 4) is 11.4 Å². The van der Waals surface area contributed by atoms with Crippen LogP contribution in [0, 0.1) is 13.8 Å². The van der Waals surface area contributed by atoms with E-state index >= 15 is 0 Å². The first-order valence-corrected chi connectivity index (χ1v) is 11.6. The molecule has 1 amide bonds. The van der Waals surface area contributed by atoms with E-state index in [1.165, 1.54) is 7.11 Å². The lowest BCUT2D eigenvalue weighted by Crippen LogP contribution is -2.33. The zero-order chi connectivity index (χ0) is 24.6. The zero-order valence-electron chi connectivity index (χ0n) is 20.1. The monoisotopic (exact) mass is 484 g/mol. The van der Waals surface area contributed by atoms with Crippen LogP contribution in [0.3, 0.4) is 0 Å². The van der Waals surface area contributed by atoms with E-state index in [0.29, 0.717) is 40.8 Å². The summed E-state index contributed by atoms with van der Waals surface area (Å²) < 4.78 is 18.1. The van der Waals surface area contributed by atoms with Crippen LogP contribution >= 0.6 is 11.6 Å². The molecule has 180 valence electrons. The highest BCUT2D eigenvalue weighted by Gasteiger charge is 2.38. The number of methoxy groups -OCH3 is 2. The van der Waals surface area contributed by atoms with Crippen LogP contribution in [0.1, 0.15) is 36.7 Å². The first-order chi connectivity index (χ1) is 16.3. The predicted molar refractivity (Wildman–Crippen MR) is 130 cm³/mol. The minimum atomic E-state index is -0.525. The largest absolute Gasteiger partial charge is 0.495 e. The van der Waals surface area contributed by atoms with E-state index in [1.54, 1.807) is 25.0 Å². The van der Waals surface area contributed by atoms with Crippen molar-refractivity contribution in [2.24, 2.45) is 0 Å². The Kier molecular flexibility index (Phi) is 6.86.